The van der Waals surface area contributed by atoms with Crippen molar-refractivity contribution in [2.24, 2.45) is 0 Å². The minimum atomic E-state index is -2.85. The predicted octanol–water partition coefficient (Wildman–Crippen LogP) is 8.04. The van der Waals surface area contributed by atoms with Crippen LogP contribution in [-0.4, -0.2) is 18.8 Å². The first-order valence-electron chi connectivity index (χ1n) is 13.8. The Kier molecular flexibility index (Phi) is 7.27. The summed E-state index contributed by atoms with van der Waals surface area (Å²) in [6.07, 6.45) is 2.04. The van der Waals surface area contributed by atoms with Gasteiger partial charge in [0.15, 0.2) is 0 Å². The van der Waals surface area contributed by atoms with Crippen molar-refractivity contribution in [3.8, 4) is 0 Å². The Bertz CT molecular complexity index is 1660. The molecule has 0 radical (unpaired) electrons. The molecule has 1 aromatic heterocycles. The van der Waals surface area contributed by atoms with E-state index in [-0.39, 0.29) is 5.97 Å². The number of hydrogen-bond acceptors (Lipinski definition) is 3. The fourth-order valence-electron chi connectivity index (χ4n) is 6.05. The van der Waals surface area contributed by atoms with Gasteiger partial charge in [-0.25, -0.2) is 0 Å². The summed E-state index contributed by atoms with van der Waals surface area (Å²) >= 11 is 1.80. The van der Waals surface area contributed by atoms with Crippen LogP contribution in [0.1, 0.15) is 18.4 Å². The van der Waals surface area contributed by atoms with Gasteiger partial charge >= 0.3 is 235 Å². The van der Waals surface area contributed by atoms with E-state index in [9.17, 15) is 4.79 Å². The van der Waals surface area contributed by atoms with Crippen LogP contribution in [0.5, 0.6) is 0 Å². The second-order valence-electron chi connectivity index (χ2n) is 10.7. The van der Waals surface area contributed by atoms with Crippen LogP contribution >= 0.6 is 17.9 Å². The minimum absolute atomic E-state index is 0.144. The Morgan fingerprint density at radius 1 is 0.650 bits per heavy atom. The third-order valence-electron chi connectivity index (χ3n) is 8.30. The molecule has 0 aliphatic rings. The number of benzene rings is 5. The molecule has 0 atom stereocenters. The Morgan fingerprint density at radius 3 is 1.77 bits per heavy atom. The summed E-state index contributed by atoms with van der Waals surface area (Å²) < 4.78 is 8.35. The first-order valence-corrected chi connectivity index (χ1v) is 17.5. The average Bonchev–Trinajstić information content (AvgIpc) is 3.39. The Hall–Kier alpha value is -3.78. The molecule has 200 valence electrons. The first-order chi connectivity index (χ1) is 19.6. The van der Waals surface area contributed by atoms with Crippen molar-refractivity contribution in [1.29, 1.82) is 0 Å². The van der Waals surface area contributed by atoms with Gasteiger partial charge in [0.2, 0.25) is 0 Å². The normalized spacial score (nSPS) is 12.7. The first kappa shape index (κ1) is 26.4. The molecule has 0 bridgehead atoms. The van der Waals surface area contributed by atoms with Gasteiger partial charge in [0.05, 0.1) is 0 Å². The number of ether oxygens (including phenoxy) is 1. The maximum absolute atomic E-state index is 13.0. The molecule has 1 heterocycles. The third kappa shape index (κ3) is 4.74. The van der Waals surface area contributed by atoms with E-state index >= 15 is 0 Å². The predicted molar refractivity (Wildman–Crippen MR) is 174 cm³/mol. The maximum atomic E-state index is 13.0. The van der Waals surface area contributed by atoms with E-state index in [1.807, 2.05) is 0 Å². The molecular formula is C36H33O2PS. The summed E-state index contributed by atoms with van der Waals surface area (Å²) in [4.78, 5) is 13.0. The molecule has 2 nitrogen and oxygen atoms in total. The van der Waals surface area contributed by atoms with Crippen LogP contribution in [0.4, 0.5) is 0 Å². The Morgan fingerprint density at radius 2 is 1.18 bits per heavy atom. The number of carbonyl (C=O) groups is 1. The molecule has 0 unspecified atom stereocenters. The van der Waals surface area contributed by atoms with Crippen molar-refractivity contribution in [1.82, 2.24) is 0 Å². The zero-order valence-corrected chi connectivity index (χ0v) is 24.4. The molecule has 0 spiro atoms. The number of hydrogen-bond donors (Lipinski definition) is 0. The third-order valence-corrected chi connectivity index (χ3v) is 16.0. The Balaban J connectivity index is 1.23. The van der Waals surface area contributed by atoms with Crippen molar-refractivity contribution in [2.75, 3.05) is 12.8 Å². The standard InChI is InChI=1S/C36H33O2PS/c1-39(29-14-5-2-6-15-29,30-16-7-3-8-17-30,31-18-9-4-10-19-31)25-13-22-36(37)38-27-28-23-24-35-33(26-28)32-20-11-12-21-34(32)40-35/h2-12,14-21,23-24,26H,13,22,25,27H2,1H3. The van der Waals surface area contributed by atoms with E-state index in [1.54, 1.807) is 11.3 Å². The second kappa shape index (κ2) is 11.0. The molecule has 4 heteroatoms. The Labute approximate surface area is 240 Å². The van der Waals surface area contributed by atoms with Gasteiger partial charge in [0.25, 0.3) is 0 Å². The van der Waals surface area contributed by atoms with Gasteiger partial charge in [0.1, 0.15) is 0 Å². The van der Waals surface area contributed by atoms with Crippen molar-refractivity contribution in [3.63, 3.8) is 0 Å². The van der Waals surface area contributed by atoms with Gasteiger partial charge in [-0.05, 0) is 0 Å². The number of rotatable bonds is 9. The SMILES string of the molecule is CP(CCCC(=O)OCc1ccc2sc3ccccc3c2c1)(c1ccccc1)(c1ccccc1)c1ccccc1. The van der Waals surface area contributed by atoms with Crippen molar-refractivity contribution in [2.45, 2.75) is 19.4 Å². The van der Waals surface area contributed by atoms with Crippen LogP contribution in [0.2, 0.25) is 0 Å². The van der Waals surface area contributed by atoms with Crippen LogP contribution < -0.4 is 15.9 Å². The van der Waals surface area contributed by atoms with E-state index < -0.39 is 6.60 Å². The topological polar surface area (TPSA) is 26.3 Å². The molecule has 40 heavy (non-hydrogen) atoms. The van der Waals surface area contributed by atoms with Gasteiger partial charge in [0, 0.05) is 0 Å². The van der Waals surface area contributed by atoms with Gasteiger partial charge in [-0.3, -0.25) is 0 Å². The molecule has 5 aromatic carbocycles. The fourth-order valence-corrected chi connectivity index (χ4v) is 12.7. The van der Waals surface area contributed by atoms with E-state index in [0.717, 1.165) is 18.1 Å². The summed E-state index contributed by atoms with van der Waals surface area (Å²) in [5, 5.41) is 6.51. The van der Waals surface area contributed by atoms with E-state index in [1.165, 1.54) is 36.1 Å². The van der Waals surface area contributed by atoms with Gasteiger partial charge in [-0.15, -0.1) is 0 Å². The summed E-state index contributed by atoms with van der Waals surface area (Å²) in [6, 6.07) is 47.5. The van der Waals surface area contributed by atoms with Crippen LogP contribution in [0.3, 0.4) is 0 Å². The molecule has 0 saturated heterocycles. The van der Waals surface area contributed by atoms with E-state index in [0.29, 0.717) is 13.0 Å². The number of carbonyl (C=O) groups excluding carboxylic acids is 1. The summed E-state index contributed by atoms with van der Waals surface area (Å²) in [6.45, 7) is -0.0983. The second-order valence-corrected chi connectivity index (χ2v) is 17.4. The summed E-state index contributed by atoms with van der Waals surface area (Å²) in [7, 11) is 0. The van der Waals surface area contributed by atoms with Crippen molar-refractivity contribution >= 4 is 60.0 Å². The number of esters is 1. The van der Waals surface area contributed by atoms with Gasteiger partial charge in [-0.2, -0.15) is 0 Å². The summed E-state index contributed by atoms with van der Waals surface area (Å²) in [5.41, 5.74) is 1.03. The monoisotopic (exact) mass is 560 g/mol. The zero-order chi connectivity index (χ0) is 27.4. The molecule has 0 fully saturated rings. The average molecular weight is 561 g/mol. The molecule has 0 saturated carbocycles. The van der Waals surface area contributed by atoms with Crippen LogP contribution in [0.25, 0.3) is 20.2 Å². The molecule has 0 amide bonds. The molecule has 0 N–H and O–H groups in total. The molecular weight excluding hydrogens is 527 g/mol. The zero-order valence-electron chi connectivity index (χ0n) is 22.7. The van der Waals surface area contributed by atoms with Crippen LogP contribution in [0, 0.1) is 0 Å². The summed E-state index contributed by atoms with van der Waals surface area (Å²) in [5.74, 6) is -0.144. The molecule has 0 aliphatic carbocycles. The molecule has 0 aliphatic heterocycles. The van der Waals surface area contributed by atoms with E-state index in [4.69, 9.17) is 4.74 Å². The molecule has 6 aromatic rings. The van der Waals surface area contributed by atoms with Crippen molar-refractivity contribution in [3.05, 3.63) is 139 Å². The molecule has 6 rings (SSSR count). The van der Waals surface area contributed by atoms with Crippen molar-refractivity contribution < 1.29 is 9.53 Å². The van der Waals surface area contributed by atoms with Gasteiger partial charge < -0.3 is 0 Å². The number of fused-ring (bicyclic) bond motifs is 3. The van der Waals surface area contributed by atoms with Crippen LogP contribution in [0.15, 0.2) is 133 Å². The number of thiophene rings is 1. The van der Waals surface area contributed by atoms with Gasteiger partial charge in [-0.1, -0.05) is 6.07 Å². The van der Waals surface area contributed by atoms with Crippen LogP contribution in [-0.2, 0) is 16.1 Å². The quantitative estimate of drug-likeness (QED) is 0.132. The fraction of sp³-hybridized carbons (Fsp3) is 0.139. The van der Waals surface area contributed by atoms with E-state index in [2.05, 4.69) is 140 Å².